The van der Waals surface area contributed by atoms with Crippen LogP contribution in [0, 0.1) is 11.3 Å². The molecule has 0 atom stereocenters. The second kappa shape index (κ2) is 7.85. The van der Waals surface area contributed by atoms with E-state index in [1.165, 1.54) is 0 Å². The van der Waals surface area contributed by atoms with Gasteiger partial charge in [-0.2, -0.15) is 5.26 Å². The summed E-state index contributed by atoms with van der Waals surface area (Å²) in [5.74, 6) is -0.0882. The number of nitrogens with zero attached hydrogens (tertiary/aromatic N) is 2. The maximum absolute atomic E-state index is 12.3. The molecule has 0 aromatic heterocycles. The van der Waals surface area contributed by atoms with Crippen LogP contribution in [0.1, 0.15) is 16.8 Å². The molecule has 1 aromatic rings. The van der Waals surface area contributed by atoms with E-state index in [1.807, 2.05) is 24.3 Å². The number of hydrogen-bond acceptors (Lipinski definition) is 3. The van der Waals surface area contributed by atoms with Crippen LogP contribution in [0.25, 0.3) is 0 Å². The fraction of sp³-hybridized carbons (Fsp3) is 0.385. The van der Waals surface area contributed by atoms with Gasteiger partial charge in [0.15, 0.2) is 0 Å². The van der Waals surface area contributed by atoms with Gasteiger partial charge >= 0.3 is 0 Å². The summed E-state index contributed by atoms with van der Waals surface area (Å²) in [6.07, 6.45) is 0.319. The molecule has 0 bridgehead atoms. The molecule has 4 nitrogen and oxygen atoms in total. The molecule has 0 aliphatic heterocycles. The first-order chi connectivity index (χ1) is 8.70. The van der Waals surface area contributed by atoms with Crippen LogP contribution in [-0.4, -0.2) is 37.6 Å². The Morgan fingerprint density at radius 1 is 1.44 bits per heavy atom. The van der Waals surface area contributed by atoms with Crippen molar-refractivity contribution in [2.45, 2.75) is 6.42 Å². The highest BCUT2D eigenvalue weighted by Crippen LogP contribution is 2.17. The molecule has 0 fully saturated rings. The molecule has 1 amide bonds. The molecule has 0 aliphatic rings. The van der Waals surface area contributed by atoms with Crippen LogP contribution >= 0.6 is 15.9 Å². The van der Waals surface area contributed by atoms with Gasteiger partial charge in [0.1, 0.15) is 0 Å². The van der Waals surface area contributed by atoms with E-state index in [9.17, 15) is 4.79 Å². The first-order valence-electron chi connectivity index (χ1n) is 5.60. The van der Waals surface area contributed by atoms with E-state index >= 15 is 0 Å². The van der Waals surface area contributed by atoms with Gasteiger partial charge in [-0.25, -0.2) is 0 Å². The smallest absolute Gasteiger partial charge is 0.255 e. The lowest BCUT2D eigenvalue weighted by atomic mass is 10.2. The summed E-state index contributed by atoms with van der Waals surface area (Å²) < 4.78 is 5.74. The lowest BCUT2D eigenvalue weighted by molar-refractivity contribution is 0.0699. The third-order valence-electron chi connectivity index (χ3n) is 2.45. The molecule has 96 valence electrons. The van der Waals surface area contributed by atoms with Gasteiger partial charge in [0.05, 0.1) is 24.7 Å². The van der Waals surface area contributed by atoms with Crippen molar-refractivity contribution in [1.82, 2.24) is 4.90 Å². The summed E-state index contributed by atoms with van der Waals surface area (Å²) in [5.41, 5.74) is 0.603. The van der Waals surface area contributed by atoms with Crippen molar-refractivity contribution in [1.29, 1.82) is 5.26 Å². The Hall–Kier alpha value is -1.38. The Morgan fingerprint density at radius 3 is 2.78 bits per heavy atom. The second-order valence-electron chi connectivity index (χ2n) is 3.67. The minimum atomic E-state index is -0.0882. The van der Waals surface area contributed by atoms with Gasteiger partial charge in [-0.15, -0.1) is 0 Å². The third-order valence-corrected chi connectivity index (χ3v) is 3.14. The lowest BCUT2D eigenvalue weighted by Gasteiger charge is -2.21. The quantitative estimate of drug-likeness (QED) is 0.811. The molecule has 1 aromatic carbocycles. The van der Waals surface area contributed by atoms with E-state index in [4.69, 9.17) is 10.00 Å². The number of ether oxygens (including phenoxy) is 1. The largest absolute Gasteiger partial charge is 0.383 e. The Labute approximate surface area is 115 Å². The van der Waals surface area contributed by atoms with Crippen LogP contribution in [0.3, 0.4) is 0 Å². The standard InChI is InChI=1S/C13H15BrN2O2/c1-18-10-9-16(8-4-7-15)13(17)11-5-2-3-6-12(11)14/h2-3,5-6H,4,8-10H2,1H3. The Kier molecular flexibility index (Phi) is 6.40. The van der Waals surface area contributed by atoms with E-state index in [1.54, 1.807) is 18.1 Å². The summed E-state index contributed by atoms with van der Waals surface area (Å²) in [4.78, 5) is 13.9. The van der Waals surface area contributed by atoms with E-state index in [0.29, 0.717) is 31.7 Å². The van der Waals surface area contributed by atoms with Gasteiger partial charge < -0.3 is 9.64 Å². The molecule has 0 radical (unpaired) electrons. The highest BCUT2D eigenvalue weighted by molar-refractivity contribution is 9.10. The number of nitriles is 1. The number of benzene rings is 1. The fourth-order valence-corrected chi connectivity index (χ4v) is 1.96. The van der Waals surface area contributed by atoms with Crippen LogP contribution in [0.15, 0.2) is 28.7 Å². The monoisotopic (exact) mass is 310 g/mol. The van der Waals surface area contributed by atoms with Gasteiger partial charge in [-0.3, -0.25) is 4.79 Å². The Morgan fingerprint density at radius 2 is 2.17 bits per heavy atom. The van der Waals surface area contributed by atoms with Gasteiger partial charge in [-0.05, 0) is 28.1 Å². The lowest BCUT2D eigenvalue weighted by Crippen LogP contribution is -2.34. The molecule has 0 aliphatic carbocycles. The third kappa shape index (κ3) is 4.13. The van der Waals surface area contributed by atoms with E-state index < -0.39 is 0 Å². The maximum atomic E-state index is 12.3. The molecular formula is C13H15BrN2O2. The normalized spacial score (nSPS) is 9.83. The van der Waals surface area contributed by atoms with Crippen molar-refractivity contribution in [3.63, 3.8) is 0 Å². The number of amides is 1. The fourth-order valence-electron chi connectivity index (χ4n) is 1.51. The van der Waals surface area contributed by atoms with Crippen molar-refractivity contribution in [2.24, 2.45) is 0 Å². The topological polar surface area (TPSA) is 53.3 Å². The summed E-state index contributed by atoms with van der Waals surface area (Å²) in [6.45, 7) is 1.36. The average Bonchev–Trinajstić information content (AvgIpc) is 2.39. The van der Waals surface area contributed by atoms with Crippen LogP contribution in [-0.2, 0) is 4.74 Å². The number of carbonyl (C=O) groups is 1. The molecule has 0 saturated heterocycles. The zero-order chi connectivity index (χ0) is 13.4. The summed E-state index contributed by atoms with van der Waals surface area (Å²) in [7, 11) is 1.59. The zero-order valence-electron chi connectivity index (χ0n) is 10.2. The van der Waals surface area contributed by atoms with Crippen molar-refractivity contribution >= 4 is 21.8 Å². The number of carbonyl (C=O) groups excluding carboxylic acids is 1. The minimum absolute atomic E-state index is 0.0882. The highest BCUT2D eigenvalue weighted by Gasteiger charge is 2.17. The minimum Gasteiger partial charge on any atom is -0.383 e. The first-order valence-corrected chi connectivity index (χ1v) is 6.39. The number of hydrogen-bond donors (Lipinski definition) is 0. The van der Waals surface area contributed by atoms with Crippen LogP contribution in [0.2, 0.25) is 0 Å². The van der Waals surface area contributed by atoms with Crippen molar-refractivity contribution in [3.8, 4) is 6.07 Å². The highest BCUT2D eigenvalue weighted by atomic mass is 79.9. The summed E-state index contributed by atoms with van der Waals surface area (Å²) >= 11 is 3.36. The molecule has 1 rings (SSSR count). The van der Waals surface area contributed by atoms with E-state index in [0.717, 1.165) is 4.47 Å². The predicted octanol–water partition coefficient (Wildman–Crippen LogP) is 2.45. The number of halogens is 1. The molecule has 18 heavy (non-hydrogen) atoms. The summed E-state index contributed by atoms with van der Waals surface area (Å²) in [6, 6.07) is 9.31. The number of rotatable bonds is 6. The molecule has 0 N–H and O–H groups in total. The Bertz CT molecular complexity index is 443. The van der Waals surface area contributed by atoms with Crippen molar-refractivity contribution in [3.05, 3.63) is 34.3 Å². The van der Waals surface area contributed by atoms with Gasteiger partial charge in [0, 0.05) is 24.7 Å². The molecule has 0 unspecified atom stereocenters. The second-order valence-corrected chi connectivity index (χ2v) is 4.53. The molecule has 0 heterocycles. The summed E-state index contributed by atoms with van der Waals surface area (Å²) in [5, 5.41) is 8.62. The average molecular weight is 311 g/mol. The van der Waals surface area contributed by atoms with Gasteiger partial charge in [0.2, 0.25) is 0 Å². The Balaban J connectivity index is 2.81. The van der Waals surface area contributed by atoms with Crippen molar-refractivity contribution < 1.29 is 9.53 Å². The molecule has 0 saturated carbocycles. The van der Waals surface area contributed by atoms with E-state index in [-0.39, 0.29) is 5.91 Å². The van der Waals surface area contributed by atoms with Crippen LogP contribution in [0.4, 0.5) is 0 Å². The predicted molar refractivity (Wildman–Crippen MR) is 72.2 cm³/mol. The van der Waals surface area contributed by atoms with E-state index in [2.05, 4.69) is 15.9 Å². The van der Waals surface area contributed by atoms with Crippen molar-refractivity contribution in [2.75, 3.05) is 26.8 Å². The maximum Gasteiger partial charge on any atom is 0.255 e. The molecular weight excluding hydrogens is 296 g/mol. The van der Waals surface area contributed by atoms with Gasteiger partial charge in [-0.1, -0.05) is 12.1 Å². The van der Waals surface area contributed by atoms with Gasteiger partial charge in [0.25, 0.3) is 5.91 Å². The number of methoxy groups -OCH3 is 1. The van der Waals surface area contributed by atoms with Crippen LogP contribution < -0.4 is 0 Å². The molecule has 5 heteroatoms. The van der Waals surface area contributed by atoms with Crippen LogP contribution in [0.5, 0.6) is 0 Å². The SMILES string of the molecule is COCCN(CCC#N)C(=O)c1ccccc1Br. The molecule has 0 spiro atoms. The first kappa shape index (κ1) is 14.7. The zero-order valence-corrected chi connectivity index (χ0v) is 11.8.